The van der Waals surface area contributed by atoms with Gasteiger partial charge in [0.1, 0.15) is 0 Å². The van der Waals surface area contributed by atoms with Gasteiger partial charge in [0.05, 0.1) is 20.8 Å². The van der Waals surface area contributed by atoms with Crippen molar-refractivity contribution >= 4 is 27.5 Å². The number of nitrogens with one attached hydrogen (secondary N) is 1. The number of carbonyl (C=O) groups is 1. The first-order valence-corrected chi connectivity index (χ1v) is 7.85. The van der Waals surface area contributed by atoms with Crippen molar-refractivity contribution in [2.24, 2.45) is 0 Å². The van der Waals surface area contributed by atoms with Gasteiger partial charge in [-0.3, -0.25) is 4.79 Å². The second-order valence-corrected chi connectivity index (χ2v) is 6.00. The smallest absolute Gasteiger partial charge is 0.251 e. The minimum atomic E-state index is -0.162. The van der Waals surface area contributed by atoms with Gasteiger partial charge < -0.3 is 10.5 Å². The lowest BCUT2D eigenvalue weighted by Gasteiger charge is -2.04. The molecule has 0 saturated heterocycles. The number of fused-ring (bicyclic) bond motifs is 1. The number of aromatic nitrogens is 2. The highest BCUT2D eigenvalue weighted by molar-refractivity contribution is 7.18. The third-order valence-electron chi connectivity index (χ3n) is 3.26. The first kappa shape index (κ1) is 14.5. The molecule has 3 rings (SSSR count). The van der Waals surface area contributed by atoms with Crippen LogP contribution in [-0.2, 0) is 6.42 Å². The van der Waals surface area contributed by atoms with Crippen LogP contribution in [0.4, 0.5) is 0 Å². The van der Waals surface area contributed by atoms with Crippen LogP contribution >= 0.6 is 11.3 Å². The van der Waals surface area contributed by atoms with E-state index in [1.807, 2.05) is 18.2 Å². The van der Waals surface area contributed by atoms with Gasteiger partial charge in [-0.15, -0.1) is 11.3 Å². The van der Waals surface area contributed by atoms with Gasteiger partial charge in [0.15, 0.2) is 12.4 Å². The summed E-state index contributed by atoms with van der Waals surface area (Å²) in [5.74, 6) is -0.162. The Morgan fingerprint density at radius 1 is 1.23 bits per heavy atom. The Kier molecular flexibility index (Phi) is 4.29. The van der Waals surface area contributed by atoms with E-state index < -0.39 is 0 Å². The van der Waals surface area contributed by atoms with E-state index in [2.05, 4.69) is 16.4 Å². The van der Waals surface area contributed by atoms with Gasteiger partial charge in [-0.2, -0.15) is 4.73 Å². The van der Waals surface area contributed by atoms with Crippen LogP contribution in [0.5, 0.6) is 0 Å². The lowest BCUT2D eigenvalue weighted by atomic mass is 10.2. The molecule has 1 amide bonds. The summed E-state index contributed by atoms with van der Waals surface area (Å²) < 4.78 is 1.85. The monoisotopic (exact) mass is 313 g/mol. The summed E-state index contributed by atoms with van der Waals surface area (Å²) in [5, 5.41) is 14.8. The predicted molar refractivity (Wildman–Crippen MR) is 85.7 cm³/mol. The molecule has 0 aliphatic heterocycles. The third-order valence-corrected chi connectivity index (χ3v) is 4.35. The summed E-state index contributed by atoms with van der Waals surface area (Å²) in [6, 6.07) is 11.1. The maximum absolute atomic E-state index is 11.9. The van der Waals surface area contributed by atoms with Crippen molar-refractivity contribution < 1.29 is 9.52 Å². The molecule has 0 aliphatic carbocycles. The zero-order chi connectivity index (χ0) is 15.4. The van der Waals surface area contributed by atoms with E-state index in [-0.39, 0.29) is 5.91 Å². The van der Waals surface area contributed by atoms with Crippen molar-refractivity contribution in [1.29, 1.82) is 0 Å². The molecule has 6 heteroatoms. The van der Waals surface area contributed by atoms with Gasteiger partial charge in [0, 0.05) is 25.1 Å². The van der Waals surface area contributed by atoms with Crippen LogP contribution in [0.25, 0.3) is 10.2 Å². The van der Waals surface area contributed by atoms with Gasteiger partial charge in [0.2, 0.25) is 0 Å². The van der Waals surface area contributed by atoms with E-state index in [1.165, 1.54) is 29.2 Å². The normalized spacial score (nSPS) is 10.7. The third kappa shape index (κ3) is 3.40. The lowest BCUT2D eigenvalue weighted by molar-refractivity contribution is -0.605. The largest absolute Gasteiger partial charge is 0.619 e. The van der Waals surface area contributed by atoms with Crippen molar-refractivity contribution in [2.45, 2.75) is 12.8 Å². The topological polar surface area (TPSA) is 68.9 Å². The quantitative estimate of drug-likeness (QED) is 0.446. The Bertz CT molecular complexity index is 750. The van der Waals surface area contributed by atoms with Gasteiger partial charge in [-0.1, -0.05) is 12.1 Å². The van der Waals surface area contributed by atoms with Gasteiger partial charge in [-0.25, -0.2) is 4.98 Å². The average Bonchev–Trinajstić information content (AvgIpc) is 2.95. The van der Waals surface area contributed by atoms with E-state index in [0.717, 1.165) is 23.4 Å². The number of thiazole rings is 1. The molecule has 112 valence electrons. The van der Waals surface area contributed by atoms with Gasteiger partial charge >= 0.3 is 0 Å². The first-order chi connectivity index (χ1) is 10.7. The molecule has 3 aromatic rings. The minimum Gasteiger partial charge on any atom is -0.619 e. The summed E-state index contributed by atoms with van der Waals surface area (Å²) >= 11 is 1.69. The Balaban J connectivity index is 1.49. The standard InChI is InChI=1S/C16H15N3O2S/c20-16(12-7-10-19(21)11-8-12)17-9-3-6-15-18-13-4-1-2-5-14(13)22-15/h1-2,4-5,7-8,10-11H,3,6,9H2,(H,17,20). The number of benzene rings is 1. The van der Waals surface area contributed by atoms with Crippen LogP contribution < -0.4 is 10.0 Å². The number of aryl methyl sites for hydroxylation is 1. The zero-order valence-corrected chi connectivity index (χ0v) is 12.7. The second kappa shape index (κ2) is 6.53. The highest BCUT2D eigenvalue weighted by Crippen LogP contribution is 2.22. The molecule has 0 radical (unpaired) electrons. The maximum Gasteiger partial charge on any atom is 0.251 e. The lowest BCUT2D eigenvalue weighted by Crippen LogP contribution is -2.28. The zero-order valence-electron chi connectivity index (χ0n) is 11.9. The molecule has 0 bridgehead atoms. The molecule has 1 aromatic carbocycles. The summed E-state index contributed by atoms with van der Waals surface area (Å²) in [6.07, 6.45) is 4.31. The Morgan fingerprint density at radius 2 is 2.00 bits per heavy atom. The molecule has 5 nitrogen and oxygen atoms in total. The van der Waals surface area contributed by atoms with E-state index in [1.54, 1.807) is 11.3 Å². The second-order valence-electron chi connectivity index (χ2n) is 4.88. The highest BCUT2D eigenvalue weighted by Gasteiger charge is 2.07. The fourth-order valence-corrected chi connectivity index (χ4v) is 3.14. The van der Waals surface area contributed by atoms with E-state index >= 15 is 0 Å². The predicted octanol–water partition coefficient (Wildman–Crippen LogP) is 2.29. The van der Waals surface area contributed by atoms with Crippen molar-refractivity contribution in [3.05, 3.63) is 64.6 Å². The van der Waals surface area contributed by atoms with Crippen LogP contribution in [0.15, 0.2) is 48.8 Å². The number of pyridine rings is 1. The molecular weight excluding hydrogens is 298 g/mol. The van der Waals surface area contributed by atoms with E-state index in [9.17, 15) is 10.0 Å². The SMILES string of the molecule is O=C(NCCCc1nc2ccccc2s1)c1cc[n+]([O-])cc1. The minimum absolute atomic E-state index is 0.162. The number of rotatable bonds is 5. The highest BCUT2D eigenvalue weighted by atomic mass is 32.1. The van der Waals surface area contributed by atoms with Crippen molar-refractivity contribution in [3.8, 4) is 0 Å². The number of carbonyl (C=O) groups excluding carboxylic acids is 1. The molecule has 1 N–H and O–H groups in total. The van der Waals surface area contributed by atoms with E-state index in [4.69, 9.17) is 0 Å². The van der Waals surface area contributed by atoms with Crippen LogP contribution in [0.1, 0.15) is 21.8 Å². The Labute approximate surface area is 131 Å². The molecular formula is C16H15N3O2S. The molecule has 0 aliphatic rings. The summed E-state index contributed by atoms with van der Waals surface area (Å²) in [6.45, 7) is 0.584. The summed E-state index contributed by atoms with van der Waals surface area (Å²) in [5.41, 5.74) is 1.52. The summed E-state index contributed by atoms with van der Waals surface area (Å²) in [7, 11) is 0. The fraction of sp³-hybridized carbons (Fsp3) is 0.188. The van der Waals surface area contributed by atoms with Crippen molar-refractivity contribution in [3.63, 3.8) is 0 Å². The summed E-state index contributed by atoms with van der Waals surface area (Å²) in [4.78, 5) is 16.4. The number of nitrogens with zero attached hydrogens (tertiary/aromatic N) is 2. The first-order valence-electron chi connectivity index (χ1n) is 7.04. The number of para-hydroxylation sites is 1. The van der Waals surface area contributed by atoms with Crippen molar-refractivity contribution in [1.82, 2.24) is 10.3 Å². The molecule has 0 atom stereocenters. The van der Waals surface area contributed by atoms with Crippen molar-refractivity contribution in [2.75, 3.05) is 6.54 Å². The molecule has 2 aromatic heterocycles. The molecule has 0 fully saturated rings. The Hall–Kier alpha value is -2.47. The van der Waals surface area contributed by atoms with Gasteiger partial charge in [0.25, 0.3) is 5.91 Å². The average molecular weight is 313 g/mol. The molecule has 0 unspecified atom stereocenters. The molecule has 0 saturated carbocycles. The fourth-order valence-electron chi connectivity index (χ4n) is 2.13. The molecule has 0 spiro atoms. The number of hydrogen-bond acceptors (Lipinski definition) is 4. The molecule has 22 heavy (non-hydrogen) atoms. The molecule has 2 heterocycles. The Morgan fingerprint density at radius 3 is 2.77 bits per heavy atom. The number of hydrogen-bond donors (Lipinski definition) is 1. The van der Waals surface area contributed by atoms with Crippen LogP contribution in [-0.4, -0.2) is 17.4 Å². The number of amides is 1. The van der Waals surface area contributed by atoms with Crippen LogP contribution in [0.2, 0.25) is 0 Å². The maximum atomic E-state index is 11.9. The van der Waals surface area contributed by atoms with Crippen LogP contribution in [0.3, 0.4) is 0 Å². The van der Waals surface area contributed by atoms with Crippen LogP contribution in [0, 0.1) is 5.21 Å². The van der Waals surface area contributed by atoms with Gasteiger partial charge in [-0.05, 0) is 18.6 Å². The van der Waals surface area contributed by atoms with E-state index in [0.29, 0.717) is 16.8 Å².